The van der Waals surface area contributed by atoms with Gasteiger partial charge in [-0.05, 0) is 42.3 Å². The summed E-state index contributed by atoms with van der Waals surface area (Å²) in [5.41, 5.74) is 0.951. The fraction of sp³-hybridized carbons (Fsp3) is 0.438. The third-order valence-corrected chi connectivity index (χ3v) is 5.72. The highest BCUT2D eigenvalue weighted by Gasteiger charge is 2.43. The van der Waals surface area contributed by atoms with Gasteiger partial charge < -0.3 is 14.6 Å². The molecule has 2 aromatic rings. The second-order valence-corrected chi connectivity index (χ2v) is 6.92. The zero-order valence-electron chi connectivity index (χ0n) is 11.7. The van der Waals surface area contributed by atoms with Gasteiger partial charge in [-0.1, -0.05) is 0 Å². The van der Waals surface area contributed by atoms with Crippen LogP contribution in [0.1, 0.15) is 22.5 Å². The smallest absolute Gasteiger partial charge is 0.266 e. The van der Waals surface area contributed by atoms with E-state index >= 15 is 0 Å². The SMILES string of the molecule is O=C(c1sccc1-n1cccc1)N1CC2CCC(O)C2C1. The first-order chi connectivity index (χ1) is 10.2. The maximum absolute atomic E-state index is 12.8. The standard InChI is InChI=1S/C16H18N2O2S/c19-14-4-3-11-9-18(10-12(11)14)16(20)15-13(5-8-21-15)17-6-1-2-7-17/h1-2,5-8,11-12,14,19H,3-4,9-10H2. The van der Waals surface area contributed by atoms with Crippen LogP contribution in [0.15, 0.2) is 36.0 Å². The molecule has 3 heterocycles. The van der Waals surface area contributed by atoms with Crippen molar-refractivity contribution in [1.29, 1.82) is 0 Å². The lowest BCUT2D eigenvalue weighted by molar-refractivity contribution is 0.0757. The van der Waals surface area contributed by atoms with Gasteiger partial charge in [0.25, 0.3) is 5.91 Å². The molecule has 4 rings (SSSR count). The van der Waals surface area contributed by atoms with E-state index in [1.807, 2.05) is 45.4 Å². The average molecular weight is 302 g/mol. The normalized spacial score (nSPS) is 28.0. The first-order valence-electron chi connectivity index (χ1n) is 7.42. The maximum Gasteiger partial charge on any atom is 0.266 e. The summed E-state index contributed by atoms with van der Waals surface area (Å²) < 4.78 is 1.98. The fourth-order valence-electron chi connectivity index (χ4n) is 3.71. The summed E-state index contributed by atoms with van der Waals surface area (Å²) in [6.07, 6.45) is 5.64. The van der Waals surface area contributed by atoms with Gasteiger partial charge in [0, 0.05) is 31.4 Å². The van der Waals surface area contributed by atoms with E-state index in [9.17, 15) is 9.90 Å². The summed E-state index contributed by atoms with van der Waals surface area (Å²) in [5.74, 6) is 0.873. The Morgan fingerprint density at radius 3 is 2.81 bits per heavy atom. The molecule has 0 aromatic carbocycles. The van der Waals surface area contributed by atoms with Crippen molar-refractivity contribution in [3.63, 3.8) is 0 Å². The molecule has 1 aliphatic carbocycles. The first kappa shape index (κ1) is 13.1. The van der Waals surface area contributed by atoms with Gasteiger partial charge in [0.15, 0.2) is 0 Å². The number of thiophene rings is 1. The third kappa shape index (κ3) is 2.12. The third-order valence-electron chi connectivity index (χ3n) is 4.83. The summed E-state index contributed by atoms with van der Waals surface area (Å²) in [6.45, 7) is 1.50. The predicted molar refractivity (Wildman–Crippen MR) is 81.8 cm³/mol. The van der Waals surface area contributed by atoms with E-state index in [4.69, 9.17) is 0 Å². The number of hydrogen-bond donors (Lipinski definition) is 1. The van der Waals surface area contributed by atoms with Crippen molar-refractivity contribution in [2.75, 3.05) is 13.1 Å². The van der Waals surface area contributed by atoms with E-state index in [0.717, 1.165) is 30.0 Å². The number of rotatable bonds is 2. The Labute approximate surface area is 127 Å². The topological polar surface area (TPSA) is 45.5 Å². The van der Waals surface area contributed by atoms with Crippen molar-refractivity contribution >= 4 is 17.2 Å². The average Bonchev–Trinajstić information content (AvgIpc) is 3.24. The van der Waals surface area contributed by atoms with Crippen LogP contribution in [0.4, 0.5) is 0 Å². The Balaban J connectivity index is 1.58. The van der Waals surface area contributed by atoms with Crippen LogP contribution in [0.5, 0.6) is 0 Å². The largest absolute Gasteiger partial charge is 0.393 e. The number of aliphatic hydroxyl groups is 1. The van der Waals surface area contributed by atoms with E-state index in [0.29, 0.717) is 12.5 Å². The Bertz CT molecular complexity index is 649. The number of fused-ring (bicyclic) bond motifs is 1. The van der Waals surface area contributed by atoms with Crippen molar-refractivity contribution in [1.82, 2.24) is 9.47 Å². The minimum absolute atomic E-state index is 0.107. The van der Waals surface area contributed by atoms with Crippen LogP contribution in [-0.2, 0) is 0 Å². The van der Waals surface area contributed by atoms with Crippen LogP contribution < -0.4 is 0 Å². The Hall–Kier alpha value is -1.59. The van der Waals surface area contributed by atoms with Gasteiger partial charge in [-0.25, -0.2) is 0 Å². The minimum Gasteiger partial charge on any atom is -0.393 e. The second-order valence-electron chi connectivity index (χ2n) is 6.00. The molecule has 0 radical (unpaired) electrons. The summed E-state index contributed by atoms with van der Waals surface area (Å²) in [7, 11) is 0. The van der Waals surface area contributed by atoms with E-state index in [2.05, 4.69) is 0 Å². The molecule has 5 heteroatoms. The summed E-state index contributed by atoms with van der Waals surface area (Å²) in [5, 5.41) is 12.0. The molecule has 21 heavy (non-hydrogen) atoms. The van der Waals surface area contributed by atoms with Crippen molar-refractivity contribution in [2.45, 2.75) is 18.9 Å². The molecule has 0 bridgehead atoms. The van der Waals surface area contributed by atoms with Crippen LogP contribution in [0.2, 0.25) is 0 Å². The molecule has 1 amide bonds. The maximum atomic E-state index is 12.8. The molecule has 0 spiro atoms. The molecule has 1 saturated heterocycles. The molecule has 2 aromatic heterocycles. The van der Waals surface area contributed by atoms with Gasteiger partial charge >= 0.3 is 0 Å². The van der Waals surface area contributed by atoms with Crippen molar-refractivity contribution in [3.05, 3.63) is 40.8 Å². The molecule has 3 unspecified atom stereocenters. The number of carbonyl (C=O) groups excluding carboxylic acids is 1. The minimum atomic E-state index is -0.222. The van der Waals surface area contributed by atoms with Crippen LogP contribution >= 0.6 is 11.3 Å². The van der Waals surface area contributed by atoms with Gasteiger partial charge in [-0.3, -0.25) is 4.79 Å². The van der Waals surface area contributed by atoms with E-state index in [1.54, 1.807) is 0 Å². The van der Waals surface area contributed by atoms with Crippen LogP contribution in [0.25, 0.3) is 5.69 Å². The molecule has 1 N–H and O–H groups in total. The zero-order valence-corrected chi connectivity index (χ0v) is 12.5. The summed E-state index contributed by atoms with van der Waals surface area (Å²) in [6, 6.07) is 5.91. The Morgan fingerprint density at radius 2 is 2.05 bits per heavy atom. The van der Waals surface area contributed by atoms with Crippen LogP contribution in [0, 0.1) is 11.8 Å². The molecule has 1 aliphatic heterocycles. The number of nitrogens with zero attached hydrogens (tertiary/aromatic N) is 2. The van der Waals surface area contributed by atoms with Gasteiger partial charge in [-0.2, -0.15) is 0 Å². The summed E-state index contributed by atoms with van der Waals surface area (Å²) >= 11 is 1.50. The zero-order chi connectivity index (χ0) is 14.4. The van der Waals surface area contributed by atoms with Crippen molar-refractivity contribution in [3.8, 4) is 5.69 Å². The van der Waals surface area contributed by atoms with E-state index in [-0.39, 0.29) is 17.9 Å². The van der Waals surface area contributed by atoms with Crippen LogP contribution in [0.3, 0.4) is 0 Å². The van der Waals surface area contributed by atoms with Crippen molar-refractivity contribution < 1.29 is 9.90 Å². The molecule has 3 atom stereocenters. The molecular formula is C16H18N2O2S. The highest BCUT2D eigenvalue weighted by molar-refractivity contribution is 7.12. The van der Waals surface area contributed by atoms with Crippen molar-refractivity contribution in [2.24, 2.45) is 11.8 Å². The lowest BCUT2D eigenvalue weighted by Crippen LogP contribution is -2.31. The van der Waals surface area contributed by atoms with Crippen LogP contribution in [-0.4, -0.2) is 39.7 Å². The van der Waals surface area contributed by atoms with Gasteiger partial charge in [0.2, 0.25) is 0 Å². The van der Waals surface area contributed by atoms with E-state index < -0.39 is 0 Å². The molecule has 1 saturated carbocycles. The number of likely N-dealkylation sites (tertiary alicyclic amines) is 1. The number of aliphatic hydroxyl groups excluding tert-OH is 1. The molecule has 2 fully saturated rings. The number of hydrogen-bond acceptors (Lipinski definition) is 3. The quantitative estimate of drug-likeness (QED) is 0.926. The van der Waals surface area contributed by atoms with Gasteiger partial charge in [0.05, 0.1) is 11.8 Å². The lowest BCUT2D eigenvalue weighted by Gasteiger charge is -2.18. The Kier molecular flexibility index (Phi) is 3.12. The molecule has 2 aliphatic rings. The Morgan fingerprint density at radius 1 is 1.24 bits per heavy atom. The number of amides is 1. The first-order valence-corrected chi connectivity index (χ1v) is 8.30. The van der Waals surface area contributed by atoms with E-state index in [1.165, 1.54) is 11.3 Å². The van der Waals surface area contributed by atoms with Gasteiger partial charge in [-0.15, -0.1) is 11.3 Å². The number of aromatic nitrogens is 1. The monoisotopic (exact) mass is 302 g/mol. The lowest BCUT2D eigenvalue weighted by atomic mass is 10.00. The molecule has 4 nitrogen and oxygen atoms in total. The second kappa shape index (κ2) is 5.00. The summed E-state index contributed by atoms with van der Waals surface area (Å²) in [4.78, 5) is 15.5. The van der Waals surface area contributed by atoms with Gasteiger partial charge in [0.1, 0.15) is 4.88 Å². The molecule has 110 valence electrons. The number of carbonyl (C=O) groups is 1. The predicted octanol–water partition coefficient (Wildman–Crippen LogP) is 2.38. The molecular weight excluding hydrogens is 284 g/mol. The fourth-order valence-corrected chi connectivity index (χ4v) is 4.56. The highest BCUT2D eigenvalue weighted by atomic mass is 32.1. The highest BCUT2D eigenvalue weighted by Crippen LogP contribution is 2.39.